The third kappa shape index (κ3) is 4.37. The van der Waals surface area contributed by atoms with Gasteiger partial charge in [0, 0.05) is 23.4 Å². The normalized spacial score (nSPS) is 27.9. The summed E-state index contributed by atoms with van der Waals surface area (Å²) in [5.41, 5.74) is -1.82. The minimum atomic E-state index is -2.75. The van der Waals surface area contributed by atoms with Gasteiger partial charge in [-0.1, -0.05) is 42.0 Å². The summed E-state index contributed by atoms with van der Waals surface area (Å²) in [6, 6.07) is 13.5. The van der Waals surface area contributed by atoms with E-state index in [-0.39, 0.29) is 50.4 Å². The lowest BCUT2D eigenvalue weighted by Crippen LogP contribution is -2.60. The van der Waals surface area contributed by atoms with Crippen molar-refractivity contribution in [1.82, 2.24) is 0 Å². The number of phenolic OH excluding ortho intramolecular Hbond substituents is 1. The Morgan fingerprint density at radius 2 is 1.36 bits per heavy atom. The first-order valence-electron chi connectivity index (χ1n) is 15.9. The Labute approximate surface area is 304 Å². The second-order valence-electron chi connectivity index (χ2n) is 13.2. The molecular weight excluding hydrogens is 752 g/mol. The number of hydrogen-bond donors (Lipinski definition) is 1. The molecule has 2 saturated heterocycles. The lowest BCUT2D eigenvalue weighted by atomic mass is 9.56. The zero-order chi connectivity index (χ0) is 38.0. The van der Waals surface area contributed by atoms with Crippen LogP contribution in [0.25, 0.3) is 10.8 Å². The van der Waals surface area contributed by atoms with Crippen molar-refractivity contribution in [1.29, 1.82) is 0 Å². The van der Waals surface area contributed by atoms with Crippen molar-refractivity contribution in [2.24, 2.45) is 17.8 Å². The van der Waals surface area contributed by atoms with Crippen LogP contribution >= 0.6 is 23.2 Å². The SMILES string of the molecule is O=C1C2CC=C3C(CC4(Cl)C(=O)N(c5c(F)c(F)c(F)c(F)c5F)C(=O)C4(Cl)C3c3ccc(O)c4ccccc34)C2C(=O)N1c1ccc([N+](=O)[O-])cc1. The Morgan fingerprint density at radius 3 is 1.98 bits per heavy atom. The molecule has 270 valence electrons. The third-order valence-electron chi connectivity index (χ3n) is 10.8. The summed E-state index contributed by atoms with van der Waals surface area (Å²) in [6.45, 7) is 0. The predicted octanol–water partition coefficient (Wildman–Crippen LogP) is 6.92. The number of benzene rings is 4. The van der Waals surface area contributed by atoms with Gasteiger partial charge < -0.3 is 5.11 Å². The van der Waals surface area contributed by atoms with Gasteiger partial charge in [0.2, 0.25) is 17.6 Å². The molecule has 2 aliphatic heterocycles. The highest BCUT2D eigenvalue weighted by Gasteiger charge is 2.77. The average Bonchev–Trinajstić information content (AvgIpc) is 3.48. The average molecular weight is 772 g/mol. The number of alkyl halides is 2. The van der Waals surface area contributed by atoms with Crippen molar-refractivity contribution >= 4 is 74.7 Å². The van der Waals surface area contributed by atoms with E-state index in [1.54, 1.807) is 24.3 Å². The number of aromatic hydroxyl groups is 1. The smallest absolute Gasteiger partial charge is 0.269 e. The van der Waals surface area contributed by atoms with Gasteiger partial charge in [-0.2, -0.15) is 0 Å². The van der Waals surface area contributed by atoms with Crippen LogP contribution in [-0.2, 0) is 19.2 Å². The number of non-ortho nitro benzene ring substituents is 1. The van der Waals surface area contributed by atoms with Crippen molar-refractivity contribution in [3.8, 4) is 5.75 Å². The molecule has 6 unspecified atom stereocenters. The summed E-state index contributed by atoms with van der Waals surface area (Å²) in [5, 5.41) is 22.5. The lowest BCUT2D eigenvalue weighted by molar-refractivity contribution is -0.384. The Hall–Kier alpha value is -5.41. The van der Waals surface area contributed by atoms with Gasteiger partial charge in [-0.25, -0.2) is 26.9 Å². The molecule has 1 N–H and O–H groups in total. The van der Waals surface area contributed by atoms with E-state index in [1.165, 1.54) is 30.3 Å². The fourth-order valence-corrected chi connectivity index (χ4v) is 9.38. The van der Waals surface area contributed by atoms with Gasteiger partial charge in [0.25, 0.3) is 17.5 Å². The number of imide groups is 2. The topological polar surface area (TPSA) is 138 Å². The minimum Gasteiger partial charge on any atom is -0.507 e. The van der Waals surface area contributed by atoms with Crippen molar-refractivity contribution in [3.63, 3.8) is 0 Å². The van der Waals surface area contributed by atoms with Gasteiger partial charge in [0.05, 0.1) is 22.4 Å². The van der Waals surface area contributed by atoms with Gasteiger partial charge in [-0.05, 0) is 47.9 Å². The molecule has 2 heterocycles. The summed E-state index contributed by atoms with van der Waals surface area (Å²) >= 11 is 14.4. The molecule has 8 rings (SSSR count). The Morgan fingerprint density at radius 1 is 0.755 bits per heavy atom. The van der Waals surface area contributed by atoms with Crippen LogP contribution in [0.3, 0.4) is 0 Å². The maximum absolute atomic E-state index is 15.3. The molecule has 0 aromatic heterocycles. The maximum Gasteiger partial charge on any atom is 0.269 e. The number of amides is 4. The summed E-state index contributed by atoms with van der Waals surface area (Å²) < 4.78 is 73.8. The first-order chi connectivity index (χ1) is 25.1. The number of allylic oxidation sites excluding steroid dienone is 2. The Balaban J connectivity index is 1.34. The molecular formula is C36H20Cl2F5N3O7. The molecule has 2 aliphatic carbocycles. The standard InChI is InChI=1S/C36H20Cl2F5N3O7/c37-35-13-21-19(9-10-20-23(21)32(49)44(31(20)48)14-5-7-15(8-6-14)46(52)53)24(18-11-12-22(47)17-4-2-1-3-16(17)18)36(35,38)34(51)45(33(35)50)30-28(42)26(40)25(39)27(41)29(30)43/h1-9,11-12,20-21,23-24,47H,10,13H2. The van der Waals surface area contributed by atoms with Crippen LogP contribution in [0.5, 0.6) is 5.75 Å². The van der Waals surface area contributed by atoms with Crippen molar-refractivity contribution < 1.29 is 51.2 Å². The highest BCUT2D eigenvalue weighted by molar-refractivity contribution is 6.58. The fraction of sp³-hybridized carbons (Fsp3) is 0.222. The predicted molar refractivity (Wildman–Crippen MR) is 178 cm³/mol. The monoisotopic (exact) mass is 771 g/mol. The lowest BCUT2D eigenvalue weighted by Gasteiger charge is -2.51. The van der Waals surface area contributed by atoms with E-state index in [0.29, 0.717) is 0 Å². The van der Waals surface area contributed by atoms with E-state index in [0.717, 1.165) is 17.0 Å². The number of carbonyl (C=O) groups is 4. The van der Waals surface area contributed by atoms with E-state index >= 15 is 8.78 Å². The maximum atomic E-state index is 15.3. The highest BCUT2D eigenvalue weighted by Crippen LogP contribution is 2.66. The quantitative estimate of drug-likeness (QED) is 0.0348. The van der Waals surface area contributed by atoms with Crippen LogP contribution in [0.15, 0.2) is 72.3 Å². The summed E-state index contributed by atoms with van der Waals surface area (Å²) in [7, 11) is 0. The minimum absolute atomic E-state index is 0.00956. The number of halogens is 7. The van der Waals surface area contributed by atoms with Crippen molar-refractivity contribution in [3.05, 3.63) is 117 Å². The number of phenols is 1. The number of fused-ring (bicyclic) bond motifs is 5. The van der Waals surface area contributed by atoms with Gasteiger partial charge >= 0.3 is 0 Å². The first-order valence-corrected chi connectivity index (χ1v) is 16.6. The molecule has 0 bridgehead atoms. The molecule has 10 nitrogen and oxygen atoms in total. The van der Waals surface area contributed by atoms with Crippen LogP contribution in [0.2, 0.25) is 0 Å². The number of nitrogens with zero attached hydrogens (tertiary/aromatic N) is 3. The number of nitro benzene ring substituents is 1. The Bertz CT molecular complexity index is 2400. The van der Waals surface area contributed by atoms with E-state index in [9.17, 15) is 47.6 Å². The van der Waals surface area contributed by atoms with Crippen LogP contribution in [0.1, 0.15) is 24.3 Å². The molecule has 1 saturated carbocycles. The molecule has 4 aromatic rings. The molecule has 0 spiro atoms. The number of rotatable bonds is 4. The second-order valence-corrected chi connectivity index (χ2v) is 14.4. The van der Waals surface area contributed by atoms with Crippen LogP contribution in [0.4, 0.5) is 39.0 Å². The molecule has 6 atom stereocenters. The van der Waals surface area contributed by atoms with Crippen LogP contribution in [0, 0.1) is 57.0 Å². The highest BCUT2D eigenvalue weighted by atomic mass is 35.5. The Kier molecular flexibility index (Phi) is 7.55. The molecule has 0 radical (unpaired) electrons. The third-order valence-corrected chi connectivity index (χ3v) is 12.2. The van der Waals surface area contributed by atoms with E-state index in [1.807, 2.05) is 0 Å². The molecule has 53 heavy (non-hydrogen) atoms. The number of carbonyl (C=O) groups excluding carboxylic acids is 4. The first kappa shape index (κ1) is 34.7. The van der Waals surface area contributed by atoms with Crippen LogP contribution in [-0.4, -0.2) is 43.4 Å². The summed E-state index contributed by atoms with van der Waals surface area (Å²) in [6.07, 6.45) is 0.728. The molecule has 17 heteroatoms. The molecule has 3 fully saturated rings. The van der Waals surface area contributed by atoms with E-state index in [4.69, 9.17) is 23.2 Å². The molecule has 4 aromatic carbocycles. The van der Waals surface area contributed by atoms with Gasteiger partial charge in [-0.3, -0.25) is 34.2 Å². The van der Waals surface area contributed by atoms with Crippen molar-refractivity contribution in [2.45, 2.75) is 28.5 Å². The summed E-state index contributed by atoms with van der Waals surface area (Å²) in [5.74, 6) is -22.4. The van der Waals surface area contributed by atoms with Gasteiger partial charge in [0.15, 0.2) is 33.0 Å². The zero-order valence-electron chi connectivity index (χ0n) is 26.5. The van der Waals surface area contributed by atoms with E-state index in [2.05, 4.69) is 0 Å². The fourth-order valence-electron chi connectivity index (χ4n) is 8.45. The van der Waals surface area contributed by atoms with Gasteiger partial charge in [0.1, 0.15) is 11.4 Å². The number of anilines is 2. The largest absolute Gasteiger partial charge is 0.507 e. The molecule has 4 amide bonds. The molecule has 4 aliphatic rings. The zero-order valence-corrected chi connectivity index (χ0v) is 28.0. The van der Waals surface area contributed by atoms with Crippen molar-refractivity contribution in [2.75, 3.05) is 9.80 Å². The second kappa shape index (κ2) is 11.5. The van der Waals surface area contributed by atoms with Crippen LogP contribution < -0.4 is 9.80 Å². The van der Waals surface area contributed by atoms with E-state index < -0.39 is 103 Å². The summed E-state index contributed by atoms with van der Waals surface area (Å²) in [4.78, 5) is 62.8. The number of hydrogen-bond acceptors (Lipinski definition) is 7. The number of nitro groups is 1. The van der Waals surface area contributed by atoms with Gasteiger partial charge in [-0.15, -0.1) is 23.2 Å².